The Hall–Kier alpha value is -3.29. The van der Waals surface area contributed by atoms with Gasteiger partial charge in [0.05, 0.1) is 28.1 Å². The van der Waals surface area contributed by atoms with E-state index in [-0.39, 0.29) is 23.2 Å². The Bertz CT molecular complexity index is 1200. The Morgan fingerprint density at radius 1 is 1.26 bits per heavy atom. The van der Waals surface area contributed by atoms with Gasteiger partial charge in [0.2, 0.25) is 5.76 Å². The highest BCUT2D eigenvalue weighted by molar-refractivity contribution is 6.38. The molecule has 31 heavy (non-hydrogen) atoms. The number of aliphatic hydroxyl groups excluding tert-OH is 1. The van der Waals surface area contributed by atoms with Crippen LogP contribution in [-0.2, 0) is 9.53 Å². The maximum Gasteiger partial charge on any atom is 0.260 e. The molecule has 3 heterocycles. The van der Waals surface area contributed by atoms with Crippen LogP contribution in [0.15, 0.2) is 47.0 Å². The van der Waals surface area contributed by atoms with Gasteiger partial charge < -0.3 is 24.4 Å². The Kier molecular flexibility index (Phi) is 4.92. The number of anilines is 1. The molecule has 5 rings (SSSR count). The molecule has 1 saturated heterocycles. The van der Waals surface area contributed by atoms with E-state index in [1.807, 2.05) is 24.3 Å². The molecule has 1 fully saturated rings. The number of carbonyl (C=O) groups excluding carboxylic acids is 1. The average molecular weight is 439 g/mol. The number of rotatable bonds is 5. The van der Waals surface area contributed by atoms with Crippen molar-refractivity contribution >= 4 is 34.5 Å². The lowest BCUT2D eigenvalue weighted by molar-refractivity contribution is -0.110. The second-order valence-corrected chi connectivity index (χ2v) is 7.91. The predicted molar refractivity (Wildman–Crippen MR) is 116 cm³/mol. The number of aryl methyl sites for hydroxylation is 1. The summed E-state index contributed by atoms with van der Waals surface area (Å²) in [7, 11) is 0. The lowest BCUT2D eigenvalue weighted by Crippen LogP contribution is -2.32. The van der Waals surface area contributed by atoms with Gasteiger partial charge in [-0.05, 0) is 36.8 Å². The summed E-state index contributed by atoms with van der Waals surface area (Å²) in [5.74, 6) is 0.167. The van der Waals surface area contributed by atoms with Crippen molar-refractivity contribution in [2.45, 2.75) is 19.4 Å². The number of benzene rings is 2. The first-order valence-corrected chi connectivity index (χ1v) is 10.2. The maximum absolute atomic E-state index is 12.6. The van der Waals surface area contributed by atoms with E-state index in [0.29, 0.717) is 28.6 Å². The summed E-state index contributed by atoms with van der Waals surface area (Å²) in [6.45, 7) is 3.06. The molecule has 0 aliphatic carbocycles. The van der Waals surface area contributed by atoms with Gasteiger partial charge in [0.1, 0.15) is 12.4 Å². The lowest BCUT2D eigenvalue weighted by Gasteiger charge is -2.26. The number of hydrogen-bond acceptors (Lipinski definition) is 6. The average Bonchev–Trinajstić information content (AvgIpc) is 3.28. The van der Waals surface area contributed by atoms with Gasteiger partial charge in [-0.25, -0.2) is 0 Å². The van der Waals surface area contributed by atoms with Crippen LogP contribution in [0.2, 0.25) is 5.02 Å². The first-order valence-electron chi connectivity index (χ1n) is 9.86. The third kappa shape index (κ3) is 3.66. The van der Waals surface area contributed by atoms with Crippen LogP contribution in [0.1, 0.15) is 23.4 Å². The Balaban J connectivity index is 1.48. The summed E-state index contributed by atoms with van der Waals surface area (Å²) in [5.41, 5.74) is 3.36. The highest BCUT2D eigenvalue weighted by atomic mass is 35.5. The van der Waals surface area contributed by atoms with Gasteiger partial charge in [-0.1, -0.05) is 28.9 Å². The zero-order valence-electron chi connectivity index (χ0n) is 16.6. The molecule has 8 heteroatoms. The molecule has 2 aromatic carbocycles. The summed E-state index contributed by atoms with van der Waals surface area (Å²) in [5, 5.41) is 17.7. The lowest BCUT2D eigenvalue weighted by atomic mass is 9.98. The third-order valence-corrected chi connectivity index (χ3v) is 5.66. The van der Waals surface area contributed by atoms with Crippen LogP contribution in [0.25, 0.3) is 22.5 Å². The number of nitrogens with one attached hydrogen (secondary N) is 1. The molecule has 2 N–H and O–H groups in total. The van der Waals surface area contributed by atoms with Crippen molar-refractivity contribution in [2.24, 2.45) is 0 Å². The van der Waals surface area contributed by atoms with E-state index in [4.69, 9.17) is 25.6 Å². The van der Waals surface area contributed by atoms with Gasteiger partial charge in [-0.3, -0.25) is 4.79 Å². The number of amides is 1. The zero-order chi connectivity index (χ0) is 21.5. The Labute approximate surface area is 183 Å². The number of aliphatic hydroxyl groups is 1. The number of fused-ring (bicyclic) bond motifs is 1. The number of nitrogens with zero attached hydrogens (tertiary/aromatic N) is 1. The van der Waals surface area contributed by atoms with E-state index >= 15 is 0 Å². The van der Waals surface area contributed by atoms with Crippen molar-refractivity contribution in [2.75, 3.05) is 18.5 Å². The third-order valence-electron chi connectivity index (χ3n) is 5.34. The molecule has 3 aromatic rings. The number of carbonyl (C=O) groups is 1. The molecule has 1 unspecified atom stereocenters. The van der Waals surface area contributed by atoms with Crippen LogP contribution in [0.3, 0.4) is 0 Å². The standard InChI is InChI=1S/C23H19ClN2O5/c1-12-8-20(31-26-12)22(27)21-17-9-16(18(24)10-19(17)25-23(21)28)13-2-4-14(5-3-13)30-11-15-6-7-29-15/h2-5,8-10,15,27H,6-7,11H2,1H3,(H,25,28)/b22-21+. The number of halogens is 1. The van der Waals surface area contributed by atoms with Crippen LogP contribution < -0.4 is 10.1 Å². The van der Waals surface area contributed by atoms with Crippen molar-refractivity contribution in [1.82, 2.24) is 5.16 Å². The number of ether oxygens (including phenoxy) is 2. The van der Waals surface area contributed by atoms with Gasteiger partial charge in [0.15, 0.2) is 5.76 Å². The van der Waals surface area contributed by atoms with Gasteiger partial charge >= 0.3 is 0 Å². The molecular weight excluding hydrogens is 420 g/mol. The van der Waals surface area contributed by atoms with E-state index < -0.39 is 5.91 Å². The Morgan fingerprint density at radius 2 is 2.03 bits per heavy atom. The van der Waals surface area contributed by atoms with Crippen LogP contribution in [0, 0.1) is 6.92 Å². The monoisotopic (exact) mass is 438 g/mol. The minimum atomic E-state index is -0.434. The summed E-state index contributed by atoms with van der Waals surface area (Å²) < 4.78 is 16.2. The highest BCUT2D eigenvalue weighted by Gasteiger charge is 2.31. The van der Waals surface area contributed by atoms with E-state index in [1.165, 1.54) is 0 Å². The fourth-order valence-electron chi connectivity index (χ4n) is 3.58. The van der Waals surface area contributed by atoms with Gasteiger partial charge in [-0.2, -0.15) is 0 Å². The summed E-state index contributed by atoms with van der Waals surface area (Å²) in [4.78, 5) is 12.6. The molecule has 7 nitrogen and oxygen atoms in total. The molecule has 0 radical (unpaired) electrons. The van der Waals surface area contributed by atoms with Crippen molar-refractivity contribution < 1.29 is 23.9 Å². The summed E-state index contributed by atoms with van der Waals surface area (Å²) in [6, 6.07) is 12.6. The normalized spacial score (nSPS) is 18.9. The van der Waals surface area contributed by atoms with Gasteiger partial charge in [-0.15, -0.1) is 0 Å². The van der Waals surface area contributed by atoms with Crippen LogP contribution in [0.4, 0.5) is 5.69 Å². The molecule has 2 aliphatic heterocycles. The minimum Gasteiger partial charge on any atom is -0.504 e. The smallest absolute Gasteiger partial charge is 0.260 e. The molecule has 1 aromatic heterocycles. The van der Waals surface area contributed by atoms with Crippen LogP contribution in [-0.4, -0.2) is 35.5 Å². The minimum absolute atomic E-state index is 0.115. The van der Waals surface area contributed by atoms with Gasteiger partial charge in [0, 0.05) is 30.2 Å². The molecule has 0 spiro atoms. The molecule has 2 aliphatic rings. The molecular formula is C23H19ClN2O5. The Morgan fingerprint density at radius 3 is 2.68 bits per heavy atom. The molecule has 1 amide bonds. The molecule has 158 valence electrons. The maximum atomic E-state index is 12.6. The first kappa shape index (κ1) is 19.7. The van der Waals surface area contributed by atoms with Gasteiger partial charge in [0.25, 0.3) is 5.91 Å². The topological polar surface area (TPSA) is 93.8 Å². The fourth-order valence-corrected chi connectivity index (χ4v) is 3.85. The largest absolute Gasteiger partial charge is 0.504 e. The van der Waals surface area contributed by atoms with Crippen molar-refractivity contribution in [3.8, 4) is 16.9 Å². The summed E-state index contributed by atoms with van der Waals surface area (Å²) >= 11 is 6.50. The van der Waals surface area contributed by atoms with E-state index in [1.54, 1.807) is 25.1 Å². The second kappa shape index (κ2) is 7.76. The van der Waals surface area contributed by atoms with E-state index in [9.17, 15) is 9.90 Å². The first-order chi connectivity index (χ1) is 15.0. The zero-order valence-corrected chi connectivity index (χ0v) is 17.4. The second-order valence-electron chi connectivity index (χ2n) is 7.50. The molecule has 0 saturated carbocycles. The summed E-state index contributed by atoms with van der Waals surface area (Å²) in [6.07, 6.45) is 1.19. The fraction of sp³-hybridized carbons (Fsp3) is 0.217. The van der Waals surface area contributed by atoms with E-state index in [2.05, 4.69) is 10.5 Å². The number of aromatic nitrogens is 1. The van der Waals surface area contributed by atoms with Crippen LogP contribution in [0.5, 0.6) is 5.75 Å². The highest BCUT2D eigenvalue weighted by Crippen LogP contribution is 2.42. The van der Waals surface area contributed by atoms with Crippen molar-refractivity contribution in [1.29, 1.82) is 0 Å². The predicted octanol–water partition coefficient (Wildman–Crippen LogP) is 4.85. The van der Waals surface area contributed by atoms with Crippen LogP contribution >= 0.6 is 11.6 Å². The SMILES string of the molecule is Cc1cc(/C(O)=C2\C(=O)Nc3cc(Cl)c(-c4ccc(OCC5CCO5)cc4)cc32)on1. The quantitative estimate of drug-likeness (QED) is 0.437. The van der Waals surface area contributed by atoms with Crippen molar-refractivity contribution in [3.63, 3.8) is 0 Å². The molecule has 0 bridgehead atoms. The number of hydrogen-bond donors (Lipinski definition) is 2. The molecule has 1 atom stereocenters. The van der Waals surface area contributed by atoms with Crippen molar-refractivity contribution in [3.05, 3.63) is 64.5 Å². The van der Waals surface area contributed by atoms with E-state index in [0.717, 1.165) is 29.9 Å².